The third kappa shape index (κ3) is 3.31. The van der Waals surface area contributed by atoms with Gasteiger partial charge in [-0.3, -0.25) is 9.59 Å². The van der Waals surface area contributed by atoms with Crippen LogP contribution in [0.3, 0.4) is 0 Å². The molecule has 0 bridgehead atoms. The zero-order valence-electron chi connectivity index (χ0n) is 16.4. The summed E-state index contributed by atoms with van der Waals surface area (Å²) in [6.45, 7) is 0.407. The molecule has 6 nitrogen and oxygen atoms in total. The smallest absolute Gasteiger partial charge is 0.295 e. The minimum absolute atomic E-state index is 0.00180. The van der Waals surface area contributed by atoms with Crippen LogP contribution in [-0.2, 0) is 14.3 Å². The molecule has 0 saturated carbocycles. The summed E-state index contributed by atoms with van der Waals surface area (Å²) < 4.78 is 5.10. The Morgan fingerprint density at radius 3 is 2.53 bits per heavy atom. The van der Waals surface area contributed by atoms with Crippen molar-refractivity contribution in [2.24, 2.45) is 0 Å². The monoisotopic (exact) mass is 403 g/mol. The van der Waals surface area contributed by atoms with E-state index in [1.165, 1.54) is 24.1 Å². The summed E-state index contributed by atoms with van der Waals surface area (Å²) in [5.74, 6) is -1.69. The molecule has 1 fully saturated rings. The van der Waals surface area contributed by atoms with Gasteiger partial charge in [0.1, 0.15) is 11.5 Å². The minimum Gasteiger partial charge on any atom is -0.508 e. The number of phenols is 1. The Bertz CT molecular complexity index is 1160. The van der Waals surface area contributed by atoms with Crippen LogP contribution in [0.4, 0.5) is 0 Å². The van der Waals surface area contributed by atoms with Crippen molar-refractivity contribution in [1.82, 2.24) is 4.90 Å². The summed E-state index contributed by atoms with van der Waals surface area (Å²) in [5.41, 5.74) is 1.01. The zero-order valence-corrected chi connectivity index (χ0v) is 16.4. The summed E-state index contributed by atoms with van der Waals surface area (Å²) >= 11 is 0. The summed E-state index contributed by atoms with van der Waals surface area (Å²) in [6.07, 6.45) is 0. The van der Waals surface area contributed by atoms with Crippen LogP contribution < -0.4 is 0 Å². The van der Waals surface area contributed by atoms with E-state index in [0.29, 0.717) is 11.1 Å². The van der Waals surface area contributed by atoms with Crippen molar-refractivity contribution >= 4 is 28.2 Å². The van der Waals surface area contributed by atoms with Crippen molar-refractivity contribution < 1.29 is 24.5 Å². The van der Waals surface area contributed by atoms with Crippen LogP contribution in [0.25, 0.3) is 16.5 Å². The number of nitrogens with zero attached hydrogens (tertiary/aromatic N) is 1. The molecule has 1 amide bonds. The van der Waals surface area contributed by atoms with Crippen molar-refractivity contribution in [3.8, 4) is 5.75 Å². The van der Waals surface area contributed by atoms with E-state index in [-0.39, 0.29) is 30.2 Å². The predicted octanol–water partition coefficient (Wildman–Crippen LogP) is 3.61. The average molecular weight is 403 g/mol. The molecule has 0 aliphatic carbocycles. The van der Waals surface area contributed by atoms with E-state index in [9.17, 15) is 19.8 Å². The molecule has 1 saturated heterocycles. The molecule has 3 aromatic rings. The molecule has 4 rings (SSSR count). The second kappa shape index (κ2) is 8.00. The van der Waals surface area contributed by atoms with Gasteiger partial charge in [0.2, 0.25) is 0 Å². The number of ether oxygens (including phenoxy) is 1. The number of methoxy groups -OCH3 is 1. The Morgan fingerprint density at radius 1 is 1.03 bits per heavy atom. The number of aliphatic hydroxyl groups excluding tert-OH is 1. The molecule has 1 atom stereocenters. The van der Waals surface area contributed by atoms with E-state index < -0.39 is 17.7 Å². The first kappa shape index (κ1) is 19.7. The van der Waals surface area contributed by atoms with Gasteiger partial charge in [0.15, 0.2) is 0 Å². The number of benzene rings is 3. The number of rotatable bonds is 5. The number of carbonyl (C=O) groups is 2. The summed E-state index contributed by atoms with van der Waals surface area (Å²) in [5, 5.41) is 22.9. The highest BCUT2D eigenvalue weighted by molar-refractivity contribution is 6.46. The zero-order chi connectivity index (χ0) is 21.3. The lowest BCUT2D eigenvalue weighted by Gasteiger charge is -2.25. The van der Waals surface area contributed by atoms with Gasteiger partial charge in [0.05, 0.1) is 18.2 Å². The van der Waals surface area contributed by atoms with Gasteiger partial charge in [-0.25, -0.2) is 0 Å². The maximum atomic E-state index is 13.0. The molecular weight excluding hydrogens is 382 g/mol. The van der Waals surface area contributed by atoms with E-state index >= 15 is 0 Å². The van der Waals surface area contributed by atoms with Gasteiger partial charge in [-0.1, -0.05) is 54.6 Å². The number of aromatic hydroxyl groups is 1. The lowest BCUT2D eigenvalue weighted by molar-refractivity contribution is -0.140. The molecule has 0 radical (unpaired) electrons. The van der Waals surface area contributed by atoms with Crippen LogP contribution in [0, 0.1) is 0 Å². The fraction of sp³-hybridized carbons (Fsp3) is 0.167. The molecule has 0 spiro atoms. The highest BCUT2D eigenvalue weighted by Gasteiger charge is 2.46. The first-order chi connectivity index (χ1) is 14.5. The number of likely N-dealkylation sites (tertiary alicyclic amines) is 1. The number of carbonyl (C=O) groups excluding carboxylic acids is 2. The van der Waals surface area contributed by atoms with Gasteiger partial charge in [-0.05, 0) is 28.5 Å². The second-order valence-electron chi connectivity index (χ2n) is 7.11. The number of amides is 1. The number of aliphatic hydroxyl groups is 1. The number of hydrogen-bond acceptors (Lipinski definition) is 5. The molecule has 6 heteroatoms. The van der Waals surface area contributed by atoms with Crippen molar-refractivity contribution in [3.05, 3.63) is 83.4 Å². The largest absolute Gasteiger partial charge is 0.508 e. The molecule has 1 aliphatic rings. The molecule has 3 aromatic carbocycles. The number of Topliss-reactive ketones (excluding diaryl/α,β-unsaturated/α-hetero) is 1. The van der Waals surface area contributed by atoms with Crippen molar-refractivity contribution in [3.63, 3.8) is 0 Å². The average Bonchev–Trinajstić information content (AvgIpc) is 3.01. The number of fused-ring (bicyclic) bond motifs is 1. The lowest BCUT2D eigenvalue weighted by atomic mass is 9.93. The van der Waals surface area contributed by atoms with E-state index in [4.69, 9.17) is 4.74 Å². The fourth-order valence-electron chi connectivity index (χ4n) is 3.92. The standard InChI is InChI=1S/C24H21NO5/c1-30-13-12-25-21(16-8-4-9-17(26)14-16)20(23(28)24(25)29)22(27)19-11-5-7-15-6-2-3-10-18(15)19/h2-11,14,21,26-27H,12-13H2,1H3/b22-20-. The van der Waals surface area contributed by atoms with Crippen LogP contribution in [0.5, 0.6) is 5.75 Å². The van der Waals surface area contributed by atoms with Crippen LogP contribution >= 0.6 is 0 Å². The van der Waals surface area contributed by atoms with E-state index in [0.717, 1.165) is 10.8 Å². The van der Waals surface area contributed by atoms with Crippen LogP contribution in [0.2, 0.25) is 0 Å². The van der Waals surface area contributed by atoms with Gasteiger partial charge in [-0.2, -0.15) is 0 Å². The molecule has 1 heterocycles. The normalized spacial score (nSPS) is 18.3. The van der Waals surface area contributed by atoms with Gasteiger partial charge < -0.3 is 19.8 Å². The minimum atomic E-state index is -0.828. The highest BCUT2D eigenvalue weighted by Crippen LogP contribution is 2.40. The Morgan fingerprint density at radius 2 is 1.77 bits per heavy atom. The molecule has 152 valence electrons. The molecule has 0 aromatic heterocycles. The third-order valence-electron chi connectivity index (χ3n) is 5.31. The maximum absolute atomic E-state index is 13.0. The molecule has 1 unspecified atom stereocenters. The van der Waals surface area contributed by atoms with Crippen molar-refractivity contribution in [2.75, 3.05) is 20.3 Å². The molecule has 2 N–H and O–H groups in total. The number of ketones is 1. The summed E-state index contributed by atoms with van der Waals surface area (Å²) in [6, 6.07) is 18.5. The third-order valence-corrected chi connectivity index (χ3v) is 5.31. The van der Waals surface area contributed by atoms with Crippen LogP contribution in [-0.4, -0.2) is 47.1 Å². The van der Waals surface area contributed by atoms with Gasteiger partial charge in [0, 0.05) is 19.2 Å². The van der Waals surface area contributed by atoms with Crippen LogP contribution in [0.1, 0.15) is 17.2 Å². The Labute approximate surface area is 173 Å². The lowest BCUT2D eigenvalue weighted by Crippen LogP contribution is -2.32. The Balaban J connectivity index is 1.94. The summed E-state index contributed by atoms with van der Waals surface area (Å²) in [7, 11) is 1.51. The number of phenolic OH excluding ortho intramolecular Hbond substituents is 1. The highest BCUT2D eigenvalue weighted by atomic mass is 16.5. The Hall–Kier alpha value is -3.64. The van der Waals surface area contributed by atoms with Crippen molar-refractivity contribution in [1.29, 1.82) is 0 Å². The van der Waals surface area contributed by atoms with Crippen LogP contribution in [0.15, 0.2) is 72.3 Å². The summed E-state index contributed by atoms with van der Waals surface area (Å²) in [4.78, 5) is 27.2. The van der Waals surface area contributed by atoms with Crippen molar-refractivity contribution in [2.45, 2.75) is 6.04 Å². The van der Waals surface area contributed by atoms with Gasteiger partial charge in [-0.15, -0.1) is 0 Å². The first-order valence-electron chi connectivity index (χ1n) is 9.57. The number of hydrogen-bond donors (Lipinski definition) is 2. The molecule has 1 aliphatic heterocycles. The fourth-order valence-corrected chi connectivity index (χ4v) is 3.92. The van der Waals surface area contributed by atoms with E-state index in [2.05, 4.69) is 0 Å². The van der Waals surface area contributed by atoms with Gasteiger partial charge in [0.25, 0.3) is 11.7 Å². The SMILES string of the molecule is COCCN1C(=O)C(=O)/C(=C(\O)c2cccc3ccccc23)C1c1cccc(O)c1. The van der Waals surface area contributed by atoms with E-state index in [1.54, 1.807) is 24.3 Å². The van der Waals surface area contributed by atoms with E-state index in [1.807, 2.05) is 30.3 Å². The Kier molecular flexibility index (Phi) is 5.25. The topological polar surface area (TPSA) is 87.1 Å². The van der Waals surface area contributed by atoms with Gasteiger partial charge >= 0.3 is 0 Å². The predicted molar refractivity (Wildman–Crippen MR) is 113 cm³/mol. The second-order valence-corrected chi connectivity index (χ2v) is 7.11. The molecule has 30 heavy (non-hydrogen) atoms. The molecular formula is C24H21NO5. The quantitative estimate of drug-likeness (QED) is 0.386. The maximum Gasteiger partial charge on any atom is 0.295 e. The first-order valence-corrected chi connectivity index (χ1v) is 9.57.